The van der Waals surface area contributed by atoms with E-state index < -0.39 is 11.6 Å². The van der Waals surface area contributed by atoms with Crippen molar-refractivity contribution in [2.24, 2.45) is 0 Å². The van der Waals surface area contributed by atoms with Gasteiger partial charge in [0.15, 0.2) is 0 Å². The summed E-state index contributed by atoms with van der Waals surface area (Å²) in [6, 6.07) is 9.17. The Morgan fingerprint density at radius 2 is 1.65 bits per heavy atom. The summed E-state index contributed by atoms with van der Waals surface area (Å²) >= 11 is -0.175. The number of hydrogen-bond donors (Lipinski definition) is 1. The molecule has 1 unspecified atom stereocenters. The highest BCUT2D eigenvalue weighted by Crippen LogP contribution is 2.37. The van der Waals surface area contributed by atoms with Crippen LogP contribution in [0.1, 0.15) is 22.9 Å². The van der Waals surface area contributed by atoms with Gasteiger partial charge in [-0.3, -0.25) is 4.98 Å². The van der Waals surface area contributed by atoms with Gasteiger partial charge in [-0.2, -0.15) is 13.2 Å². The molecule has 2 rings (SSSR count). The highest BCUT2D eigenvalue weighted by Gasteiger charge is 2.29. The smallest absolute Gasteiger partial charge is 0.384 e. The molecule has 1 N–H and O–H groups in total. The number of aromatic nitrogens is 1. The van der Waals surface area contributed by atoms with Gasteiger partial charge in [0.2, 0.25) is 0 Å². The quantitative estimate of drug-likeness (QED) is 0.867. The summed E-state index contributed by atoms with van der Waals surface area (Å²) in [7, 11) is 0. The average molecular weight is 299 g/mol. The third-order valence-corrected chi connectivity index (χ3v) is 3.42. The third-order valence-electron chi connectivity index (χ3n) is 2.68. The van der Waals surface area contributed by atoms with Crippen molar-refractivity contribution in [2.75, 3.05) is 0 Å². The van der Waals surface area contributed by atoms with E-state index in [9.17, 15) is 18.3 Å². The Labute approximate surface area is 118 Å². The topological polar surface area (TPSA) is 33.1 Å². The lowest BCUT2D eigenvalue weighted by Gasteiger charge is -2.12. The zero-order valence-electron chi connectivity index (χ0n) is 10.6. The molecule has 2 nitrogen and oxygen atoms in total. The molecule has 0 spiro atoms. The second kappa shape index (κ2) is 5.85. The van der Waals surface area contributed by atoms with Crippen LogP contribution in [-0.2, 0) is 0 Å². The van der Waals surface area contributed by atoms with Gasteiger partial charge in [0.25, 0.3) is 0 Å². The van der Waals surface area contributed by atoms with Gasteiger partial charge in [-0.05, 0) is 42.4 Å². The lowest BCUT2D eigenvalue weighted by atomic mass is 10.0. The van der Waals surface area contributed by atoms with Gasteiger partial charge in [0.05, 0.1) is 0 Å². The van der Waals surface area contributed by atoms with Crippen molar-refractivity contribution in [2.45, 2.75) is 23.4 Å². The minimum Gasteiger partial charge on any atom is -0.384 e. The van der Waals surface area contributed by atoms with Crippen molar-refractivity contribution in [3.63, 3.8) is 0 Å². The molecule has 20 heavy (non-hydrogen) atoms. The second-order valence-electron chi connectivity index (χ2n) is 4.25. The lowest BCUT2D eigenvalue weighted by Crippen LogP contribution is -2.01. The van der Waals surface area contributed by atoms with Gasteiger partial charge in [-0.1, -0.05) is 18.2 Å². The maximum absolute atomic E-state index is 12.2. The second-order valence-corrected chi connectivity index (χ2v) is 5.39. The van der Waals surface area contributed by atoms with E-state index in [-0.39, 0.29) is 16.7 Å². The molecule has 0 fully saturated rings. The molecule has 0 saturated heterocycles. The van der Waals surface area contributed by atoms with Crippen LogP contribution in [0.25, 0.3) is 0 Å². The Balaban J connectivity index is 2.15. The number of alkyl halides is 3. The van der Waals surface area contributed by atoms with Crippen LogP contribution in [0, 0.1) is 6.92 Å². The van der Waals surface area contributed by atoms with Crippen molar-refractivity contribution in [1.82, 2.24) is 4.98 Å². The van der Waals surface area contributed by atoms with E-state index in [4.69, 9.17) is 0 Å². The van der Waals surface area contributed by atoms with Crippen LogP contribution in [0.3, 0.4) is 0 Å². The van der Waals surface area contributed by atoms with Crippen molar-refractivity contribution in [1.29, 1.82) is 0 Å². The molecule has 0 aliphatic carbocycles. The number of benzene rings is 1. The van der Waals surface area contributed by atoms with Crippen molar-refractivity contribution < 1.29 is 18.3 Å². The van der Waals surface area contributed by atoms with E-state index in [1.165, 1.54) is 24.3 Å². The number of rotatable bonds is 3. The molecule has 0 bridgehead atoms. The largest absolute Gasteiger partial charge is 0.446 e. The van der Waals surface area contributed by atoms with Crippen molar-refractivity contribution >= 4 is 11.8 Å². The van der Waals surface area contributed by atoms with Gasteiger partial charge in [-0.15, -0.1) is 0 Å². The number of nitrogens with zero attached hydrogens (tertiary/aromatic N) is 1. The summed E-state index contributed by atoms with van der Waals surface area (Å²) in [5, 5.41) is 10.1. The molecule has 106 valence electrons. The maximum atomic E-state index is 12.2. The molecule has 0 amide bonds. The first kappa shape index (κ1) is 14.9. The monoisotopic (exact) mass is 299 g/mol. The standard InChI is InChI=1S/C14H12F3NOS/c1-9-2-3-11(8-18-9)13(19)10-4-6-12(7-5-10)20-14(15,16)17/h2-8,13,19H,1H3. The van der Waals surface area contributed by atoms with Crippen LogP contribution in [0.2, 0.25) is 0 Å². The molecule has 0 aliphatic rings. The predicted molar refractivity (Wildman–Crippen MR) is 71.4 cm³/mol. The maximum Gasteiger partial charge on any atom is 0.446 e. The fourth-order valence-electron chi connectivity index (χ4n) is 1.69. The number of aliphatic hydroxyl groups excluding tert-OH is 1. The Bertz CT molecular complexity index is 566. The van der Waals surface area contributed by atoms with Gasteiger partial charge < -0.3 is 5.11 Å². The number of hydrogen-bond acceptors (Lipinski definition) is 3. The summed E-state index contributed by atoms with van der Waals surface area (Å²) in [6.45, 7) is 1.83. The summed E-state index contributed by atoms with van der Waals surface area (Å²) in [4.78, 5) is 4.17. The van der Waals surface area contributed by atoms with Gasteiger partial charge in [0.1, 0.15) is 6.10 Å². The lowest BCUT2D eigenvalue weighted by molar-refractivity contribution is -0.0328. The van der Waals surface area contributed by atoms with E-state index >= 15 is 0 Å². The molecule has 0 radical (unpaired) electrons. The molecule has 1 atom stereocenters. The molecule has 1 aromatic heterocycles. The normalized spacial score (nSPS) is 13.2. The highest BCUT2D eigenvalue weighted by atomic mass is 32.2. The highest BCUT2D eigenvalue weighted by molar-refractivity contribution is 8.00. The Kier molecular flexibility index (Phi) is 4.35. The molecule has 1 aromatic carbocycles. The average Bonchev–Trinajstić information content (AvgIpc) is 2.38. The zero-order chi connectivity index (χ0) is 14.8. The van der Waals surface area contributed by atoms with Crippen molar-refractivity contribution in [3.8, 4) is 0 Å². The number of aliphatic hydroxyl groups is 1. The van der Waals surface area contributed by atoms with E-state index in [2.05, 4.69) is 4.98 Å². The van der Waals surface area contributed by atoms with Crippen LogP contribution in [0.4, 0.5) is 13.2 Å². The van der Waals surface area contributed by atoms with E-state index in [1.807, 2.05) is 6.92 Å². The predicted octanol–water partition coefficient (Wildman–Crippen LogP) is 4.08. The molecule has 6 heteroatoms. The van der Waals surface area contributed by atoms with E-state index in [0.717, 1.165) is 5.69 Å². The van der Waals surface area contributed by atoms with Crippen molar-refractivity contribution in [3.05, 3.63) is 59.4 Å². The molecular formula is C14H12F3NOS. The first-order valence-electron chi connectivity index (χ1n) is 5.81. The third kappa shape index (κ3) is 3.98. The summed E-state index contributed by atoms with van der Waals surface area (Å²) in [5.74, 6) is 0. The number of pyridine rings is 1. The minimum absolute atomic E-state index is 0.0930. The Morgan fingerprint density at radius 3 is 2.15 bits per heavy atom. The van der Waals surface area contributed by atoms with Crippen LogP contribution in [-0.4, -0.2) is 15.6 Å². The van der Waals surface area contributed by atoms with Gasteiger partial charge >= 0.3 is 5.51 Å². The summed E-state index contributed by atoms with van der Waals surface area (Å²) in [5.41, 5.74) is -2.34. The number of thioether (sulfide) groups is 1. The SMILES string of the molecule is Cc1ccc(C(O)c2ccc(SC(F)(F)F)cc2)cn1. The fraction of sp³-hybridized carbons (Fsp3) is 0.214. The van der Waals surface area contributed by atoms with Crippen LogP contribution in [0.5, 0.6) is 0 Å². The van der Waals surface area contributed by atoms with Gasteiger partial charge in [0, 0.05) is 22.3 Å². The zero-order valence-corrected chi connectivity index (χ0v) is 11.4. The van der Waals surface area contributed by atoms with Crippen LogP contribution in [0.15, 0.2) is 47.5 Å². The molecule has 1 heterocycles. The summed E-state index contributed by atoms with van der Waals surface area (Å²) < 4.78 is 36.6. The van der Waals surface area contributed by atoms with Gasteiger partial charge in [-0.25, -0.2) is 0 Å². The molecular weight excluding hydrogens is 287 g/mol. The minimum atomic E-state index is -4.30. The summed E-state index contributed by atoms with van der Waals surface area (Å²) in [6.07, 6.45) is 0.659. The van der Waals surface area contributed by atoms with Crippen LogP contribution < -0.4 is 0 Å². The van der Waals surface area contributed by atoms with E-state index in [0.29, 0.717) is 11.1 Å². The Hall–Kier alpha value is -1.53. The number of aryl methyl sites for hydroxylation is 1. The molecule has 0 aliphatic heterocycles. The fourth-order valence-corrected chi connectivity index (χ4v) is 2.22. The molecule has 0 saturated carbocycles. The number of halogens is 3. The van der Waals surface area contributed by atoms with Crippen LogP contribution >= 0.6 is 11.8 Å². The first-order chi connectivity index (χ1) is 9.35. The first-order valence-corrected chi connectivity index (χ1v) is 6.63. The molecule has 2 aromatic rings. The Morgan fingerprint density at radius 1 is 1.05 bits per heavy atom. The van der Waals surface area contributed by atoms with E-state index in [1.54, 1.807) is 18.3 Å².